The summed E-state index contributed by atoms with van der Waals surface area (Å²) >= 11 is 0. The number of aromatic carboxylic acids is 1. The van der Waals surface area contributed by atoms with E-state index in [1.54, 1.807) is 42.7 Å². The molecule has 0 fully saturated rings. The second-order valence-electron chi connectivity index (χ2n) is 5.23. The molecule has 0 saturated carbocycles. The quantitative estimate of drug-likeness (QED) is 0.675. The van der Waals surface area contributed by atoms with Crippen LogP contribution in [0.2, 0.25) is 0 Å². The highest BCUT2D eigenvalue weighted by atomic mass is 16.4. The van der Waals surface area contributed by atoms with E-state index in [4.69, 9.17) is 10.8 Å². The Kier molecular flexibility index (Phi) is 4.38. The monoisotopic (exact) mass is 334 g/mol. The zero-order valence-corrected chi connectivity index (χ0v) is 13.0. The smallest absolute Gasteiger partial charge is 0.335 e. The molecule has 0 radical (unpaired) electrons. The predicted octanol–water partition coefficient (Wildman–Crippen LogP) is 2.68. The van der Waals surface area contributed by atoms with Crippen molar-refractivity contribution in [2.45, 2.75) is 0 Å². The van der Waals surface area contributed by atoms with E-state index in [-0.39, 0.29) is 16.9 Å². The molecule has 1 aromatic carbocycles. The molecule has 0 spiro atoms. The van der Waals surface area contributed by atoms with E-state index in [9.17, 15) is 9.59 Å². The van der Waals surface area contributed by atoms with Crippen LogP contribution in [0.5, 0.6) is 0 Å². The highest BCUT2D eigenvalue weighted by Gasteiger charge is 2.14. The summed E-state index contributed by atoms with van der Waals surface area (Å²) in [5, 5.41) is 11.8. The molecule has 0 aliphatic heterocycles. The van der Waals surface area contributed by atoms with Crippen molar-refractivity contribution in [1.29, 1.82) is 0 Å². The molecule has 7 nitrogen and oxygen atoms in total. The SMILES string of the molecule is Nc1ncc(-c2cccc(C(=O)O)c2)cc1C(=O)Nc1ccncc1. The van der Waals surface area contributed by atoms with Crippen LogP contribution in [0.25, 0.3) is 11.1 Å². The van der Waals surface area contributed by atoms with Gasteiger partial charge in [0, 0.05) is 29.8 Å². The standard InChI is InChI=1S/C18H14N4O3/c19-16-15(17(23)22-14-4-6-20-7-5-14)9-13(10-21-16)11-2-1-3-12(8-11)18(24)25/h1-10H,(H2,19,21)(H,24,25)(H,20,22,23). The van der Waals surface area contributed by atoms with Crippen molar-refractivity contribution < 1.29 is 14.7 Å². The minimum atomic E-state index is -1.03. The van der Waals surface area contributed by atoms with Gasteiger partial charge in [-0.25, -0.2) is 9.78 Å². The minimum Gasteiger partial charge on any atom is -0.478 e. The van der Waals surface area contributed by atoms with Gasteiger partial charge in [0.25, 0.3) is 5.91 Å². The lowest BCUT2D eigenvalue weighted by molar-refractivity contribution is 0.0696. The number of carbonyl (C=O) groups is 2. The van der Waals surface area contributed by atoms with Gasteiger partial charge in [0.1, 0.15) is 5.82 Å². The average Bonchev–Trinajstić information content (AvgIpc) is 2.63. The van der Waals surface area contributed by atoms with E-state index in [0.717, 1.165) is 0 Å². The summed E-state index contributed by atoms with van der Waals surface area (Å²) in [6.45, 7) is 0. The average molecular weight is 334 g/mol. The van der Waals surface area contributed by atoms with Crippen LogP contribution < -0.4 is 11.1 Å². The van der Waals surface area contributed by atoms with Gasteiger partial charge in [-0.05, 0) is 35.9 Å². The van der Waals surface area contributed by atoms with Crippen molar-refractivity contribution >= 4 is 23.4 Å². The predicted molar refractivity (Wildman–Crippen MR) is 93.2 cm³/mol. The molecule has 3 rings (SSSR count). The van der Waals surface area contributed by atoms with E-state index in [2.05, 4.69) is 15.3 Å². The minimum absolute atomic E-state index is 0.0877. The van der Waals surface area contributed by atoms with Gasteiger partial charge >= 0.3 is 5.97 Å². The lowest BCUT2D eigenvalue weighted by Gasteiger charge is -2.09. The molecule has 4 N–H and O–H groups in total. The number of nitrogens with one attached hydrogen (secondary N) is 1. The summed E-state index contributed by atoms with van der Waals surface area (Å²) in [4.78, 5) is 31.5. The number of hydrogen-bond acceptors (Lipinski definition) is 5. The largest absolute Gasteiger partial charge is 0.478 e. The van der Waals surface area contributed by atoms with Crippen LogP contribution in [-0.2, 0) is 0 Å². The third-order valence-corrected chi connectivity index (χ3v) is 3.54. The molecule has 0 atom stereocenters. The topological polar surface area (TPSA) is 118 Å². The van der Waals surface area contributed by atoms with E-state index in [1.165, 1.54) is 18.3 Å². The van der Waals surface area contributed by atoms with Crippen LogP contribution >= 0.6 is 0 Å². The lowest BCUT2D eigenvalue weighted by Crippen LogP contribution is -2.15. The lowest BCUT2D eigenvalue weighted by atomic mass is 10.0. The Balaban J connectivity index is 1.94. The highest BCUT2D eigenvalue weighted by Crippen LogP contribution is 2.23. The molecule has 2 aromatic heterocycles. The number of pyridine rings is 2. The highest BCUT2D eigenvalue weighted by molar-refractivity contribution is 6.07. The molecule has 7 heteroatoms. The van der Waals surface area contributed by atoms with Crippen molar-refractivity contribution in [3.63, 3.8) is 0 Å². The molecule has 0 bridgehead atoms. The van der Waals surface area contributed by atoms with E-state index in [0.29, 0.717) is 16.8 Å². The van der Waals surface area contributed by atoms with Crippen LogP contribution in [0.15, 0.2) is 61.1 Å². The number of carbonyl (C=O) groups excluding carboxylic acids is 1. The molecule has 124 valence electrons. The third-order valence-electron chi connectivity index (χ3n) is 3.54. The second-order valence-corrected chi connectivity index (χ2v) is 5.23. The molecule has 0 aliphatic rings. The van der Waals surface area contributed by atoms with Crippen molar-refractivity contribution in [3.8, 4) is 11.1 Å². The maximum atomic E-state index is 12.4. The fourth-order valence-corrected chi connectivity index (χ4v) is 2.28. The van der Waals surface area contributed by atoms with Gasteiger partial charge in [-0.2, -0.15) is 0 Å². The molecule has 0 saturated heterocycles. The zero-order chi connectivity index (χ0) is 17.8. The number of anilines is 2. The Hall–Kier alpha value is -3.74. The number of rotatable bonds is 4. The molecule has 0 unspecified atom stereocenters. The number of aromatic nitrogens is 2. The van der Waals surface area contributed by atoms with Crippen LogP contribution in [-0.4, -0.2) is 27.0 Å². The number of amides is 1. The van der Waals surface area contributed by atoms with Gasteiger partial charge in [-0.15, -0.1) is 0 Å². The van der Waals surface area contributed by atoms with E-state index >= 15 is 0 Å². The number of carboxylic acids is 1. The Morgan fingerprint density at radius 1 is 1.04 bits per heavy atom. The van der Waals surface area contributed by atoms with Crippen LogP contribution in [0.3, 0.4) is 0 Å². The van der Waals surface area contributed by atoms with Gasteiger partial charge in [-0.3, -0.25) is 9.78 Å². The van der Waals surface area contributed by atoms with Crippen LogP contribution in [0.1, 0.15) is 20.7 Å². The molecule has 2 heterocycles. The Morgan fingerprint density at radius 3 is 2.52 bits per heavy atom. The number of carboxylic acid groups (broad SMARTS) is 1. The van der Waals surface area contributed by atoms with Crippen LogP contribution in [0.4, 0.5) is 11.5 Å². The van der Waals surface area contributed by atoms with Crippen molar-refractivity contribution in [2.75, 3.05) is 11.1 Å². The van der Waals surface area contributed by atoms with Crippen LogP contribution in [0, 0.1) is 0 Å². The van der Waals surface area contributed by atoms with Gasteiger partial charge in [-0.1, -0.05) is 12.1 Å². The van der Waals surface area contributed by atoms with Gasteiger partial charge in [0.15, 0.2) is 0 Å². The summed E-state index contributed by atoms with van der Waals surface area (Å²) in [7, 11) is 0. The maximum absolute atomic E-state index is 12.4. The van der Waals surface area contributed by atoms with Crippen molar-refractivity contribution in [2.24, 2.45) is 0 Å². The Labute approximate surface area is 143 Å². The summed E-state index contributed by atoms with van der Waals surface area (Å²) in [6, 6.07) is 11.3. The molecular formula is C18H14N4O3. The Bertz CT molecular complexity index is 942. The molecule has 1 amide bonds. The zero-order valence-electron chi connectivity index (χ0n) is 13.0. The first-order valence-electron chi connectivity index (χ1n) is 7.35. The number of nitrogen functional groups attached to an aromatic ring is 1. The third kappa shape index (κ3) is 3.61. The summed E-state index contributed by atoms with van der Waals surface area (Å²) in [6.07, 6.45) is 4.62. The van der Waals surface area contributed by atoms with Gasteiger partial charge in [0.05, 0.1) is 11.1 Å². The first-order valence-corrected chi connectivity index (χ1v) is 7.35. The number of benzene rings is 1. The summed E-state index contributed by atoms with van der Waals surface area (Å²) in [5.41, 5.74) is 7.98. The normalized spacial score (nSPS) is 10.2. The number of nitrogens with two attached hydrogens (primary N) is 1. The fraction of sp³-hybridized carbons (Fsp3) is 0. The summed E-state index contributed by atoms with van der Waals surface area (Å²) < 4.78 is 0. The van der Waals surface area contributed by atoms with Gasteiger partial charge < -0.3 is 16.2 Å². The molecule has 3 aromatic rings. The molecular weight excluding hydrogens is 320 g/mol. The van der Waals surface area contributed by atoms with Crippen molar-refractivity contribution in [3.05, 3.63) is 72.2 Å². The number of hydrogen-bond donors (Lipinski definition) is 3. The van der Waals surface area contributed by atoms with E-state index in [1.807, 2.05) is 0 Å². The molecule has 0 aliphatic carbocycles. The van der Waals surface area contributed by atoms with E-state index < -0.39 is 11.9 Å². The second kappa shape index (κ2) is 6.79. The number of nitrogens with zero attached hydrogens (tertiary/aromatic N) is 2. The maximum Gasteiger partial charge on any atom is 0.335 e. The Morgan fingerprint density at radius 2 is 1.80 bits per heavy atom. The van der Waals surface area contributed by atoms with Gasteiger partial charge in [0.2, 0.25) is 0 Å². The fourth-order valence-electron chi connectivity index (χ4n) is 2.28. The first-order chi connectivity index (χ1) is 12.0. The first kappa shape index (κ1) is 16.1. The summed E-state index contributed by atoms with van der Waals surface area (Å²) in [5.74, 6) is -1.35. The van der Waals surface area contributed by atoms with Crippen molar-refractivity contribution in [1.82, 2.24) is 9.97 Å². The molecule has 25 heavy (non-hydrogen) atoms.